The highest BCUT2D eigenvalue weighted by Gasteiger charge is 2.38. The molecule has 0 aromatic heterocycles. The third-order valence-corrected chi connectivity index (χ3v) is 4.54. The molecule has 106 valence electrons. The van der Waals surface area contributed by atoms with Gasteiger partial charge in [0.15, 0.2) is 11.5 Å². The van der Waals surface area contributed by atoms with Crippen molar-refractivity contribution in [2.24, 2.45) is 0 Å². The minimum atomic E-state index is -0.300. The molecule has 1 heterocycles. The Balaban J connectivity index is 1.74. The van der Waals surface area contributed by atoms with Crippen molar-refractivity contribution >= 4 is 5.91 Å². The van der Waals surface area contributed by atoms with Crippen LogP contribution in [0.4, 0.5) is 0 Å². The van der Waals surface area contributed by atoms with Gasteiger partial charge in [0.1, 0.15) is 0 Å². The second-order valence-corrected chi connectivity index (χ2v) is 5.65. The molecule has 4 heteroatoms. The van der Waals surface area contributed by atoms with Crippen LogP contribution >= 0.6 is 0 Å². The van der Waals surface area contributed by atoms with Crippen LogP contribution in [0.15, 0.2) is 36.4 Å². The van der Waals surface area contributed by atoms with Gasteiger partial charge in [-0.1, -0.05) is 30.3 Å². The van der Waals surface area contributed by atoms with Gasteiger partial charge in [-0.15, -0.1) is 0 Å². The average molecular weight is 281 g/mol. The molecule has 21 heavy (non-hydrogen) atoms. The van der Waals surface area contributed by atoms with Crippen molar-refractivity contribution in [2.45, 2.75) is 25.4 Å². The van der Waals surface area contributed by atoms with Gasteiger partial charge in [0.2, 0.25) is 0 Å². The van der Waals surface area contributed by atoms with Crippen LogP contribution in [0, 0.1) is 0 Å². The van der Waals surface area contributed by atoms with E-state index >= 15 is 0 Å². The number of amides is 1. The van der Waals surface area contributed by atoms with E-state index in [9.17, 15) is 15.0 Å². The van der Waals surface area contributed by atoms with Crippen LogP contribution in [-0.2, 0) is 13.0 Å². The summed E-state index contributed by atoms with van der Waals surface area (Å²) in [5, 5.41) is 19.5. The summed E-state index contributed by atoms with van der Waals surface area (Å²) in [7, 11) is 0. The monoisotopic (exact) mass is 281 g/mol. The van der Waals surface area contributed by atoms with Gasteiger partial charge in [-0.05, 0) is 35.6 Å². The molecule has 4 nitrogen and oxygen atoms in total. The number of carbonyl (C=O) groups is 1. The van der Waals surface area contributed by atoms with Crippen molar-refractivity contribution in [2.75, 3.05) is 0 Å². The molecular formula is C17H15NO3. The fourth-order valence-corrected chi connectivity index (χ4v) is 3.50. The Morgan fingerprint density at radius 2 is 1.86 bits per heavy atom. The van der Waals surface area contributed by atoms with Gasteiger partial charge in [0.25, 0.3) is 5.91 Å². The number of hydrogen-bond donors (Lipinski definition) is 2. The fourth-order valence-electron chi connectivity index (χ4n) is 3.50. The molecular weight excluding hydrogens is 266 g/mol. The van der Waals surface area contributed by atoms with Gasteiger partial charge in [-0.2, -0.15) is 0 Å². The Kier molecular flexibility index (Phi) is 2.48. The summed E-state index contributed by atoms with van der Waals surface area (Å²) in [5.41, 5.74) is 3.51. The molecule has 1 aliphatic heterocycles. The van der Waals surface area contributed by atoms with Crippen LogP contribution in [0.1, 0.15) is 39.5 Å². The minimum Gasteiger partial charge on any atom is -0.504 e. The molecule has 2 N–H and O–H groups in total. The van der Waals surface area contributed by atoms with E-state index in [4.69, 9.17) is 0 Å². The van der Waals surface area contributed by atoms with E-state index in [2.05, 4.69) is 12.1 Å². The van der Waals surface area contributed by atoms with E-state index in [1.807, 2.05) is 12.1 Å². The van der Waals surface area contributed by atoms with Gasteiger partial charge in [0, 0.05) is 6.54 Å². The van der Waals surface area contributed by atoms with E-state index in [1.165, 1.54) is 17.2 Å². The Bertz CT molecular complexity index is 754. The van der Waals surface area contributed by atoms with Gasteiger partial charge in [-0.25, -0.2) is 0 Å². The van der Waals surface area contributed by atoms with Crippen molar-refractivity contribution in [1.82, 2.24) is 4.90 Å². The Morgan fingerprint density at radius 1 is 1.05 bits per heavy atom. The Labute approximate surface area is 122 Å². The molecule has 1 atom stereocenters. The van der Waals surface area contributed by atoms with Crippen LogP contribution in [0.3, 0.4) is 0 Å². The summed E-state index contributed by atoms with van der Waals surface area (Å²) in [4.78, 5) is 14.4. The van der Waals surface area contributed by atoms with Gasteiger partial charge in [0.05, 0.1) is 11.6 Å². The number of hydrogen-bond acceptors (Lipinski definition) is 3. The van der Waals surface area contributed by atoms with Crippen LogP contribution in [0.5, 0.6) is 11.5 Å². The molecule has 2 aromatic carbocycles. The molecule has 0 fully saturated rings. The molecule has 0 saturated carbocycles. The highest BCUT2D eigenvalue weighted by molar-refractivity contribution is 6.02. The van der Waals surface area contributed by atoms with E-state index in [-0.39, 0.29) is 29.0 Å². The highest BCUT2D eigenvalue weighted by Crippen LogP contribution is 2.43. The van der Waals surface area contributed by atoms with Gasteiger partial charge < -0.3 is 15.1 Å². The van der Waals surface area contributed by atoms with Crippen molar-refractivity contribution in [3.05, 3.63) is 58.7 Å². The largest absolute Gasteiger partial charge is 0.504 e. The number of aryl methyl sites for hydroxylation is 1. The average Bonchev–Trinajstić information content (AvgIpc) is 3.05. The maximum Gasteiger partial charge on any atom is 0.258 e. The molecule has 0 radical (unpaired) electrons. The van der Waals surface area contributed by atoms with E-state index in [0.717, 1.165) is 18.4 Å². The summed E-state index contributed by atoms with van der Waals surface area (Å²) in [6.45, 7) is 0.487. The first-order valence-electron chi connectivity index (χ1n) is 7.09. The molecule has 1 aliphatic carbocycles. The summed E-state index contributed by atoms with van der Waals surface area (Å²) >= 11 is 0. The third kappa shape index (κ3) is 1.65. The first kappa shape index (κ1) is 12.3. The summed E-state index contributed by atoms with van der Waals surface area (Å²) in [6, 6.07) is 11.4. The van der Waals surface area contributed by atoms with E-state index in [0.29, 0.717) is 6.54 Å². The van der Waals surface area contributed by atoms with E-state index in [1.54, 1.807) is 11.0 Å². The fraction of sp³-hybridized carbons (Fsp3) is 0.235. The van der Waals surface area contributed by atoms with Crippen molar-refractivity contribution in [3.63, 3.8) is 0 Å². The second-order valence-electron chi connectivity index (χ2n) is 5.65. The van der Waals surface area contributed by atoms with Crippen LogP contribution in [0.2, 0.25) is 0 Å². The molecule has 0 bridgehead atoms. The highest BCUT2D eigenvalue weighted by atomic mass is 16.3. The number of nitrogens with zero attached hydrogens (tertiary/aromatic N) is 1. The zero-order valence-electron chi connectivity index (χ0n) is 11.4. The standard InChI is InChI=1S/C17H15NO3/c19-14-8-6-11-9-18(17(21)15(11)16(14)20)13-7-5-10-3-1-2-4-12(10)13/h1-4,6,8,13,19-20H,5,7,9H2/t13-/m0/s1. The number of fused-ring (bicyclic) bond motifs is 2. The quantitative estimate of drug-likeness (QED) is 0.790. The maximum absolute atomic E-state index is 12.6. The van der Waals surface area contributed by atoms with E-state index < -0.39 is 0 Å². The van der Waals surface area contributed by atoms with Crippen molar-refractivity contribution in [3.8, 4) is 11.5 Å². The topological polar surface area (TPSA) is 60.8 Å². The lowest BCUT2D eigenvalue weighted by Crippen LogP contribution is -2.27. The summed E-state index contributed by atoms with van der Waals surface area (Å²) in [6.07, 6.45) is 1.88. The molecule has 4 rings (SSSR count). The number of phenolic OH excluding ortho intramolecular Hbond substituents is 2. The lowest BCUT2D eigenvalue weighted by Gasteiger charge is -2.24. The van der Waals surface area contributed by atoms with Crippen molar-refractivity contribution in [1.29, 1.82) is 0 Å². The van der Waals surface area contributed by atoms with Gasteiger partial charge >= 0.3 is 0 Å². The maximum atomic E-state index is 12.6. The predicted octanol–water partition coefficient (Wildman–Crippen LogP) is 2.74. The predicted molar refractivity (Wildman–Crippen MR) is 77.1 cm³/mol. The first-order chi connectivity index (χ1) is 10.2. The smallest absolute Gasteiger partial charge is 0.258 e. The zero-order chi connectivity index (χ0) is 14.6. The zero-order valence-corrected chi connectivity index (χ0v) is 11.4. The van der Waals surface area contributed by atoms with Gasteiger partial charge in [-0.3, -0.25) is 4.79 Å². The molecule has 0 spiro atoms. The Morgan fingerprint density at radius 3 is 2.71 bits per heavy atom. The second kappa shape index (κ2) is 4.25. The first-order valence-corrected chi connectivity index (χ1v) is 7.09. The summed E-state index contributed by atoms with van der Waals surface area (Å²) < 4.78 is 0. The molecule has 1 amide bonds. The molecule has 2 aromatic rings. The van der Waals surface area contributed by atoms with Crippen molar-refractivity contribution < 1.29 is 15.0 Å². The Hall–Kier alpha value is -2.49. The number of rotatable bonds is 1. The van der Waals surface area contributed by atoms with Crippen LogP contribution in [-0.4, -0.2) is 21.0 Å². The molecule has 0 unspecified atom stereocenters. The summed E-state index contributed by atoms with van der Waals surface area (Å²) in [5.74, 6) is -0.734. The number of benzene rings is 2. The van der Waals surface area contributed by atoms with Crippen LogP contribution < -0.4 is 0 Å². The molecule has 2 aliphatic rings. The molecule has 0 saturated heterocycles. The third-order valence-electron chi connectivity index (χ3n) is 4.54. The number of phenols is 2. The lowest BCUT2D eigenvalue weighted by atomic mass is 10.1. The number of carbonyl (C=O) groups excluding carboxylic acids is 1. The normalized spacial score (nSPS) is 19.7. The lowest BCUT2D eigenvalue weighted by molar-refractivity contribution is 0.0699. The number of aromatic hydroxyl groups is 2. The van der Waals surface area contributed by atoms with Crippen LogP contribution in [0.25, 0.3) is 0 Å². The minimum absolute atomic E-state index is 0.0580. The SMILES string of the molecule is O=C1c2c(ccc(O)c2O)CN1[C@H]1CCc2ccccc21.